The Balaban J connectivity index is 2.31. The van der Waals surface area contributed by atoms with Crippen molar-refractivity contribution in [3.05, 3.63) is 34.7 Å². The average Bonchev–Trinajstić information content (AvgIpc) is 2.56. The van der Waals surface area contributed by atoms with Crippen LogP contribution >= 0.6 is 0 Å². The maximum absolute atomic E-state index is 11.8. The molecule has 0 amide bonds. The van der Waals surface area contributed by atoms with Crippen molar-refractivity contribution in [3.8, 4) is 0 Å². The van der Waals surface area contributed by atoms with Gasteiger partial charge in [-0.2, -0.15) is 0 Å². The monoisotopic (exact) mass is 220 g/mol. The third-order valence-corrected chi connectivity index (χ3v) is 4.12. The highest BCUT2D eigenvalue weighted by atomic mass is 32.2. The molecule has 2 rings (SSSR count). The van der Waals surface area contributed by atoms with Crippen LogP contribution in [0, 0.1) is 0 Å². The number of fused-ring (bicyclic) bond motifs is 1. The molecule has 1 aliphatic heterocycles. The molecule has 2 heteroatoms. The molecule has 0 radical (unpaired) electrons. The van der Waals surface area contributed by atoms with Crippen LogP contribution in [0.3, 0.4) is 0 Å². The van der Waals surface area contributed by atoms with E-state index in [1.54, 1.807) is 0 Å². The summed E-state index contributed by atoms with van der Waals surface area (Å²) in [5.41, 5.74) is 0. The summed E-state index contributed by atoms with van der Waals surface area (Å²) < 4.78 is 11.8. The minimum atomic E-state index is -0.869. The van der Waals surface area contributed by atoms with Crippen LogP contribution in [0.1, 0.15) is 32.6 Å². The van der Waals surface area contributed by atoms with Gasteiger partial charge in [0.05, 0.1) is 10.8 Å². The minimum absolute atomic E-state index is 0.869. The third-order valence-electron chi connectivity index (χ3n) is 2.75. The zero-order valence-corrected chi connectivity index (χ0v) is 9.85. The van der Waals surface area contributed by atoms with Crippen molar-refractivity contribution in [1.29, 1.82) is 0 Å². The zero-order chi connectivity index (χ0) is 10.7. The molecule has 1 unspecified atom stereocenters. The lowest BCUT2D eigenvalue weighted by molar-refractivity contribution is 0.692. The molecular weight excluding hydrogens is 204 g/mol. The Kier molecular flexibility index (Phi) is 3.37. The van der Waals surface area contributed by atoms with Crippen molar-refractivity contribution in [1.82, 2.24) is 0 Å². The maximum Gasteiger partial charge on any atom is 0.0747 e. The Labute approximate surface area is 93.0 Å². The van der Waals surface area contributed by atoms with Crippen molar-refractivity contribution in [2.45, 2.75) is 32.6 Å². The number of unbranched alkanes of at least 4 members (excludes halogenated alkanes) is 2. The quantitative estimate of drug-likeness (QED) is 0.708. The molecule has 0 spiro atoms. The van der Waals surface area contributed by atoms with Crippen LogP contribution in [0.4, 0.5) is 0 Å². The first-order valence-corrected chi connectivity index (χ1v) is 6.75. The van der Waals surface area contributed by atoms with E-state index in [0.717, 1.165) is 23.0 Å². The van der Waals surface area contributed by atoms with Gasteiger partial charge in [-0.05, 0) is 23.3 Å². The van der Waals surface area contributed by atoms with Crippen molar-refractivity contribution < 1.29 is 4.21 Å². The molecule has 0 aromatic heterocycles. The van der Waals surface area contributed by atoms with Gasteiger partial charge in [0, 0.05) is 10.3 Å². The molecule has 1 aromatic rings. The Morgan fingerprint density at radius 1 is 1.20 bits per heavy atom. The smallest absolute Gasteiger partial charge is 0.0747 e. The lowest BCUT2D eigenvalue weighted by atomic mass is 10.1. The highest BCUT2D eigenvalue weighted by molar-refractivity contribution is 8.01. The van der Waals surface area contributed by atoms with E-state index in [0.29, 0.717) is 0 Å². The van der Waals surface area contributed by atoms with E-state index in [1.165, 1.54) is 18.1 Å². The fourth-order valence-corrected chi connectivity index (χ4v) is 3.25. The second-order valence-electron chi connectivity index (χ2n) is 3.88. The molecule has 1 heterocycles. The predicted molar refractivity (Wildman–Crippen MR) is 65.8 cm³/mol. The highest BCUT2D eigenvalue weighted by Gasteiger charge is 2.11. The number of rotatable bonds is 4. The molecule has 0 fully saturated rings. The van der Waals surface area contributed by atoms with Crippen LogP contribution < -0.4 is 10.4 Å². The molecule has 0 saturated carbocycles. The van der Waals surface area contributed by atoms with Gasteiger partial charge in [-0.15, -0.1) is 0 Å². The maximum atomic E-state index is 11.8. The van der Waals surface area contributed by atoms with E-state index in [-0.39, 0.29) is 0 Å². The van der Waals surface area contributed by atoms with Gasteiger partial charge in [0.1, 0.15) is 0 Å². The SMILES string of the molecule is CCCCCC1=c2ccccc2=CS1=O. The highest BCUT2D eigenvalue weighted by Crippen LogP contribution is 2.15. The van der Waals surface area contributed by atoms with Gasteiger partial charge >= 0.3 is 0 Å². The topological polar surface area (TPSA) is 17.1 Å². The number of hydrogen-bond acceptors (Lipinski definition) is 1. The normalized spacial score (nSPS) is 18.7. The first-order chi connectivity index (χ1) is 7.33. The van der Waals surface area contributed by atoms with E-state index in [9.17, 15) is 4.21 Å². The second-order valence-corrected chi connectivity index (χ2v) is 5.21. The van der Waals surface area contributed by atoms with Crippen LogP contribution in [0.25, 0.3) is 10.3 Å². The summed E-state index contributed by atoms with van der Waals surface area (Å²) in [6.07, 6.45) is 4.57. The van der Waals surface area contributed by atoms with Gasteiger partial charge in [0.15, 0.2) is 0 Å². The van der Waals surface area contributed by atoms with Crippen LogP contribution in [0.15, 0.2) is 24.3 Å². The zero-order valence-electron chi connectivity index (χ0n) is 9.03. The Hall–Kier alpha value is -0.890. The van der Waals surface area contributed by atoms with Crippen molar-refractivity contribution in [3.63, 3.8) is 0 Å². The summed E-state index contributed by atoms with van der Waals surface area (Å²) in [6, 6.07) is 8.15. The van der Waals surface area contributed by atoms with Gasteiger partial charge in [-0.1, -0.05) is 44.0 Å². The van der Waals surface area contributed by atoms with Gasteiger partial charge in [0.2, 0.25) is 0 Å². The first kappa shape index (κ1) is 10.6. The molecule has 0 N–H and O–H groups in total. The molecule has 1 nitrogen and oxygen atoms in total. The Morgan fingerprint density at radius 3 is 2.80 bits per heavy atom. The van der Waals surface area contributed by atoms with E-state index >= 15 is 0 Å². The summed E-state index contributed by atoms with van der Waals surface area (Å²) >= 11 is 0. The molecule has 1 atom stereocenters. The molecule has 1 aliphatic rings. The number of benzene rings is 1. The van der Waals surface area contributed by atoms with E-state index in [2.05, 4.69) is 13.0 Å². The lowest BCUT2D eigenvalue weighted by Gasteiger charge is -2.00. The van der Waals surface area contributed by atoms with Crippen LogP contribution in [-0.4, -0.2) is 4.21 Å². The molecule has 15 heavy (non-hydrogen) atoms. The van der Waals surface area contributed by atoms with Gasteiger partial charge in [0.25, 0.3) is 0 Å². The second kappa shape index (κ2) is 4.75. The van der Waals surface area contributed by atoms with E-state index < -0.39 is 10.8 Å². The summed E-state index contributed by atoms with van der Waals surface area (Å²) in [6.45, 7) is 2.19. The van der Waals surface area contributed by atoms with Crippen molar-refractivity contribution in [2.75, 3.05) is 0 Å². The van der Waals surface area contributed by atoms with Crippen molar-refractivity contribution in [2.24, 2.45) is 0 Å². The molecule has 0 saturated heterocycles. The average molecular weight is 220 g/mol. The van der Waals surface area contributed by atoms with Gasteiger partial charge < -0.3 is 0 Å². The largest absolute Gasteiger partial charge is 0.250 e. The Bertz CT molecular complexity index is 488. The minimum Gasteiger partial charge on any atom is -0.250 e. The van der Waals surface area contributed by atoms with Gasteiger partial charge in [-0.25, -0.2) is 4.21 Å². The fourth-order valence-electron chi connectivity index (χ4n) is 1.92. The summed E-state index contributed by atoms with van der Waals surface area (Å²) in [5.74, 6) is 0. The predicted octanol–water partition coefficient (Wildman–Crippen LogP) is 1.88. The van der Waals surface area contributed by atoms with E-state index in [1.807, 2.05) is 23.6 Å². The lowest BCUT2D eigenvalue weighted by Crippen LogP contribution is -2.21. The summed E-state index contributed by atoms with van der Waals surface area (Å²) in [5, 5.41) is 4.21. The standard InChI is InChI=1S/C13H16OS/c1-2-3-4-9-13-12-8-6-5-7-11(12)10-15(13)14/h5-8,10H,2-4,9H2,1H3. The first-order valence-electron chi connectivity index (χ1n) is 5.53. The molecule has 80 valence electrons. The summed E-state index contributed by atoms with van der Waals surface area (Å²) in [4.78, 5) is 1.12. The van der Waals surface area contributed by atoms with E-state index in [4.69, 9.17) is 0 Å². The summed E-state index contributed by atoms with van der Waals surface area (Å²) in [7, 11) is -0.869. The fraction of sp³-hybridized carbons (Fsp3) is 0.385. The molecular formula is C13H16OS. The molecule has 0 bridgehead atoms. The molecule has 0 aliphatic carbocycles. The Morgan fingerprint density at radius 2 is 2.00 bits per heavy atom. The van der Waals surface area contributed by atoms with Crippen molar-refractivity contribution >= 4 is 21.1 Å². The van der Waals surface area contributed by atoms with Crippen LogP contribution in [0.5, 0.6) is 0 Å². The number of hydrogen-bond donors (Lipinski definition) is 0. The third kappa shape index (κ3) is 2.20. The van der Waals surface area contributed by atoms with Crippen LogP contribution in [-0.2, 0) is 10.8 Å². The van der Waals surface area contributed by atoms with Crippen LogP contribution in [0.2, 0.25) is 0 Å². The molecule has 1 aromatic carbocycles. The van der Waals surface area contributed by atoms with Gasteiger partial charge in [-0.3, -0.25) is 0 Å².